The molecule has 0 heterocycles. The maximum absolute atomic E-state index is 12.7. The minimum atomic E-state index is -0.521. The van der Waals surface area contributed by atoms with Crippen molar-refractivity contribution in [2.45, 2.75) is 12.5 Å². The van der Waals surface area contributed by atoms with Crippen LogP contribution in [-0.4, -0.2) is 55.7 Å². The maximum Gasteiger partial charge on any atom is 0.123 e. The van der Waals surface area contributed by atoms with Gasteiger partial charge < -0.3 is 14.9 Å². The van der Waals surface area contributed by atoms with Gasteiger partial charge in [-0.3, -0.25) is 0 Å². The van der Waals surface area contributed by atoms with E-state index in [4.69, 9.17) is 0 Å². The van der Waals surface area contributed by atoms with Crippen LogP contribution < -0.4 is 0 Å². The highest BCUT2D eigenvalue weighted by molar-refractivity contribution is 5.18. The van der Waals surface area contributed by atoms with Gasteiger partial charge in [-0.25, -0.2) is 4.39 Å². The molecule has 1 aromatic rings. The lowest BCUT2D eigenvalue weighted by Crippen LogP contribution is -2.30. The molecule has 1 atom stereocenters. The molecule has 1 aromatic carbocycles. The molecule has 0 saturated heterocycles. The third kappa shape index (κ3) is 5.58. The van der Waals surface area contributed by atoms with Crippen molar-refractivity contribution in [2.75, 3.05) is 40.8 Å². The van der Waals surface area contributed by atoms with Gasteiger partial charge in [-0.05, 0) is 45.3 Å². The number of aliphatic hydroxyl groups is 1. The van der Waals surface area contributed by atoms with Crippen LogP contribution in [0.5, 0.6) is 0 Å². The molecule has 18 heavy (non-hydrogen) atoms. The van der Waals surface area contributed by atoms with Gasteiger partial charge in [-0.2, -0.15) is 0 Å². The zero-order valence-corrected chi connectivity index (χ0v) is 11.4. The first-order chi connectivity index (χ1) is 8.49. The number of likely N-dealkylation sites (N-methyl/N-ethyl adjacent to an activating group) is 2. The van der Waals surface area contributed by atoms with Gasteiger partial charge in [0.25, 0.3) is 0 Å². The Labute approximate surface area is 109 Å². The smallest absolute Gasteiger partial charge is 0.123 e. The van der Waals surface area contributed by atoms with Crippen LogP contribution in [-0.2, 0) is 0 Å². The Bertz CT molecular complexity index is 340. The van der Waals surface area contributed by atoms with E-state index in [9.17, 15) is 9.50 Å². The van der Waals surface area contributed by atoms with Crippen molar-refractivity contribution in [2.24, 2.45) is 0 Å². The quantitative estimate of drug-likeness (QED) is 0.803. The van der Waals surface area contributed by atoms with Gasteiger partial charge >= 0.3 is 0 Å². The molecule has 4 heteroatoms. The molecule has 0 aliphatic heterocycles. The number of halogens is 1. The largest absolute Gasteiger partial charge is 0.388 e. The number of hydrogen-bond acceptors (Lipinski definition) is 3. The third-order valence-corrected chi connectivity index (χ3v) is 2.97. The molecular formula is C14H23FN2O. The Morgan fingerprint density at radius 1 is 1.06 bits per heavy atom. The Morgan fingerprint density at radius 3 is 2.22 bits per heavy atom. The molecule has 0 aromatic heterocycles. The van der Waals surface area contributed by atoms with Crippen LogP contribution in [0.4, 0.5) is 4.39 Å². The first kappa shape index (κ1) is 15.1. The van der Waals surface area contributed by atoms with E-state index < -0.39 is 6.10 Å². The summed E-state index contributed by atoms with van der Waals surface area (Å²) in [4.78, 5) is 4.32. The van der Waals surface area contributed by atoms with Gasteiger partial charge in [-0.15, -0.1) is 0 Å². The minimum absolute atomic E-state index is 0.269. The van der Waals surface area contributed by atoms with E-state index in [0.29, 0.717) is 6.42 Å². The van der Waals surface area contributed by atoms with E-state index in [1.807, 2.05) is 21.1 Å². The van der Waals surface area contributed by atoms with Crippen LogP contribution >= 0.6 is 0 Å². The standard InChI is InChI=1S/C14H23FN2O/c1-16(2)10-11-17(3)9-8-14(18)12-4-6-13(15)7-5-12/h4-7,14,18H,8-11H2,1-3H3. The lowest BCUT2D eigenvalue weighted by atomic mass is 10.1. The fraction of sp³-hybridized carbons (Fsp3) is 0.571. The van der Waals surface area contributed by atoms with E-state index in [1.54, 1.807) is 12.1 Å². The van der Waals surface area contributed by atoms with E-state index in [0.717, 1.165) is 25.2 Å². The molecule has 0 radical (unpaired) electrons. The van der Waals surface area contributed by atoms with Crippen molar-refractivity contribution in [1.82, 2.24) is 9.80 Å². The fourth-order valence-electron chi connectivity index (χ4n) is 1.68. The van der Waals surface area contributed by atoms with Crippen molar-refractivity contribution in [1.29, 1.82) is 0 Å². The summed E-state index contributed by atoms with van der Waals surface area (Å²) in [5, 5.41) is 9.98. The highest BCUT2D eigenvalue weighted by atomic mass is 19.1. The van der Waals surface area contributed by atoms with E-state index in [1.165, 1.54) is 12.1 Å². The van der Waals surface area contributed by atoms with Crippen LogP contribution in [0.2, 0.25) is 0 Å². The van der Waals surface area contributed by atoms with Crippen molar-refractivity contribution < 1.29 is 9.50 Å². The molecule has 102 valence electrons. The molecule has 0 fully saturated rings. The molecule has 0 bridgehead atoms. The zero-order chi connectivity index (χ0) is 13.5. The Morgan fingerprint density at radius 2 is 1.67 bits per heavy atom. The average molecular weight is 254 g/mol. The second-order valence-corrected chi connectivity index (χ2v) is 4.96. The second kappa shape index (κ2) is 7.46. The molecule has 0 aliphatic rings. The normalized spacial score (nSPS) is 13.3. The summed E-state index contributed by atoms with van der Waals surface area (Å²) < 4.78 is 12.7. The Balaban J connectivity index is 2.32. The highest BCUT2D eigenvalue weighted by Gasteiger charge is 2.09. The van der Waals surface area contributed by atoms with E-state index >= 15 is 0 Å². The highest BCUT2D eigenvalue weighted by Crippen LogP contribution is 2.16. The lowest BCUT2D eigenvalue weighted by Gasteiger charge is -2.20. The SMILES string of the molecule is CN(C)CCN(C)CCC(O)c1ccc(F)cc1. The molecule has 0 amide bonds. The average Bonchev–Trinajstić information content (AvgIpc) is 2.34. The molecule has 0 saturated carbocycles. The predicted octanol–water partition coefficient (Wildman–Crippen LogP) is 1.74. The summed E-state index contributed by atoms with van der Waals surface area (Å²) >= 11 is 0. The van der Waals surface area contributed by atoms with Crippen molar-refractivity contribution >= 4 is 0 Å². The van der Waals surface area contributed by atoms with Crippen LogP contribution in [0.1, 0.15) is 18.1 Å². The summed E-state index contributed by atoms with van der Waals surface area (Å²) in [6.07, 6.45) is 0.141. The molecule has 1 N–H and O–H groups in total. The van der Waals surface area contributed by atoms with Gasteiger partial charge in [0.15, 0.2) is 0 Å². The monoisotopic (exact) mass is 254 g/mol. The molecule has 1 rings (SSSR count). The Hall–Kier alpha value is -0.970. The lowest BCUT2D eigenvalue weighted by molar-refractivity contribution is 0.147. The number of hydrogen-bond donors (Lipinski definition) is 1. The first-order valence-electron chi connectivity index (χ1n) is 6.26. The van der Waals surface area contributed by atoms with Gasteiger partial charge in [-0.1, -0.05) is 12.1 Å². The summed E-state index contributed by atoms with van der Waals surface area (Å²) in [6, 6.07) is 6.04. The van der Waals surface area contributed by atoms with Crippen molar-refractivity contribution in [3.05, 3.63) is 35.6 Å². The van der Waals surface area contributed by atoms with Gasteiger partial charge in [0, 0.05) is 19.6 Å². The zero-order valence-electron chi connectivity index (χ0n) is 11.4. The number of benzene rings is 1. The summed E-state index contributed by atoms with van der Waals surface area (Å²) in [5.74, 6) is -0.269. The summed E-state index contributed by atoms with van der Waals surface area (Å²) in [6.45, 7) is 2.80. The minimum Gasteiger partial charge on any atom is -0.388 e. The molecule has 1 unspecified atom stereocenters. The van der Waals surface area contributed by atoms with Crippen LogP contribution in [0.25, 0.3) is 0 Å². The van der Waals surface area contributed by atoms with Crippen LogP contribution in [0.3, 0.4) is 0 Å². The van der Waals surface area contributed by atoms with E-state index in [-0.39, 0.29) is 5.82 Å². The second-order valence-electron chi connectivity index (χ2n) is 4.96. The third-order valence-electron chi connectivity index (χ3n) is 2.97. The van der Waals surface area contributed by atoms with Crippen molar-refractivity contribution in [3.8, 4) is 0 Å². The summed E-state index contributed by atoms with van der Waals surface area (Å²) in [7, 11) is 6.13. The van der Waals surface area contributed by atoms with Crippen molar-refractivity contribution in [3.63, 3.8) is 0 Å². The maximum atomic E-state index is 12.7. The topological polar surface area (TPSA) is 26.7 Å². The van der Waals surface area contributed by atoms with Crippen LogP contribution in [0.15, 0.2) is 24.3 Å². The molecule has 0 aliphatic carbocycles. The summed E-state index contributed by atoms with van der Waals surface area (Å²) in [5.41, 5.74) is 0.775. The fourth-order valence-corrected chi connectivity index (χ4v) is 1.68. The first-order valence-corrected chi connectivity index (χ1v) is 6.26. The van der Waals surface area contributed by atoms with E-state index in [2.05, 4.69) is 9.80 Å². The number of aliphatic hydroxyl groups excluding tert-OH is 1. The van der Waals surface area contributed by atoms with Gasteiger partial charge in [0.05, 0.1) is 6.10 Å². The van der Waals surface area contributed by atoms with Crippen LogP contribution in [0, 0.1) is 5.82 Å². The molecule has 3 nitrogen and oxygen atoms in total. The number of nitrogens with zero attached hydrogens (tertiary/aromatic N) is 2. The molecule has 0 spiro atoms. The van der Waals surface area contributed by atoms with Gasteiger partial charge in [0.1, 0.15) is 5.82 Å². The predicted molar refractivity (Wildman–Crippen MR) is 72.0 cm³/mol. The number of rotatable bonds is 7. The molecular weight excluding hydrogens is 231 g/mol. The Kier molecular flexibility index (Phi) is 6.25. The van der Waals surface area contributed by atoms with Gasteiger partial charge in [0.2, 0.25) is 0 Å².